The summed E-state index contributed by atoms with van der Waals surface area (Å²) in [6.45, 7) is 1.70. The lowest BCUT2D eigenvalue weighted by molar-refractivity contribution is 0.0950. The minimum absolute atomic E-state index is 0.00869. The smallest absolute Gasteiger partial charge is 0.291 e. The summed E-state index contributed by atoms with van der Waals surface area (Å²) in [6.07, 6.45) is 1.89. The summed E-state index contributed by atoms with van der Waals surface area (Å²) in [6, 6.07) is 9.66. The molecule has 2 N–H and O–H groups in total. The number of para-hydroxylation sites is 1. The number of carbonyl (C=O) groups is 2. The zero-order valence-corrected chi connectivity index (χ0v) is 18.0. The Kier molecular flexibility index (Phi) is 6.21. The number of rotatable bonds is 5. The van der Waals surface area contributed by atoms with Crippen LogP contribution in [-0.2, 0) is 6.42 Å². The van der Waals surface area contributed by atoms with Crippen LogP contribution in [-0.4, -0.2) is 24.6 Å². The quantitative estimate of drug-likeness (QED) is 0.553. The van der Waals surface area contributed by atoms with Gasteiger partial charge in [-0.3, -0.25) is 9.59 Å². The van der Waals surface area contributed by atoms with Gasteiger partial charge in [-0.2, -0.15) is 5.10 Å². The molecule has 3 aromatic rings. The zero-order chi connectivity index (χ0) is 23.5. The average molecular weight is 453 g/mol. The van der Waals surface area contributed by atoms with Gasteiger partial charge in [0.15, 0.2) is 5.76 Å². The van der Waals surface area contributed by atoms with Gasteiger partial charge in [0.1, 0.15) is 23.1 Å². The molecule has 9 heteroatoms. The molecule has 0 radical (unpaired) electrons. The third-order valence-corrected chi connectivity index (χ3v) is 5.36. The van der Waals surface area contributed by atoms with Gasteiger partial charge in [0.25, 0.3) is 11.8 Å². The summed E-state index contributed by atoms with van der Waals surface area (Å²) >= 11 is 0. The molecule has 33 heavy (non-hydrogen) atoms. The minimum atomic E-state index is -0.890. The van der Waals surface area contributed by atoms with Crippen molar-refractivity contribution < 1.29 is 27.5 Å². The van der Waals surface area contributed by atoms with Crippen molar-refractivity contribution in [2.75, 3.05) is 12.4 Å². The van der Waals surface area contributed by atoms with Crippen molar-refractivity contribution >= 4 is 23.2 Å². The summed E-state index contributed by atoms with van der Waals surface area (Å²) in [5, 5.41) is 6.69. The Hall–Kier alpha value is -4.01. The highest BCUT2D eigenvalue weighted by Crippen LogP contribution is 2.30. The van der Waals surface area contributed by atoms with E-state index in [-0.39, 0.29) is 11.4 Å². The molecule has 1 aliphatic rings. The topological polar surface area (TPSA) is 92.9 Å². The summed E-state index contributed by atoms with van der Waals surface area (Å²) in [5.74, 6) is -1.73. The van der Waals surface area contributed by atoms with E-state index in [4.69, 9.17) is 9.15 Å². The summed E-state index contributed by atoms with van der Waals surface area (Å²) < 4.78 is 38.0. The van der Waals surface area contributed by atoms with Gasteiger partial charge >= 0.3 is 0 Å². The van der Waals surface area contributed by atoms with Gasteiger partial charge in [0.05, 0.1) is 24.1 Å². The first-order valence-electron chi connectivity index (χ1n) is 10.3. The molecule has 1 aromatic heterocycles. The Labute approximate surface area is 188 Å². The number of nitrogens with one attached hydrogen (secondary N) is 2. The fraction of sp³-hybridized carbons (Fsp3) is 0.208. The van der Waals surface area contributed by atoms with Crippen molar-refractivity contribution in [1.29, 1.82) is 0 Å². The molecule has 4 rings (SSSR count). The Balaban J connectivity index is 1.58. The van der Waals surface area contributed by atoms with E-state index >= 15 is 0 Å². The van der Waals surface area contributed by atoms with Crippen LogP contribution in [0.2, 0.25) is 0 Å². The second kappa shape index (κ2) is 9.23. The maximum atomic E-state index is 13.9. The number of fused-ring (bicyclic) bond motifs is 1. The predicted molar refractivity (Wildman–Crippen MR) is 118 cm³/mol. The van der Waals surface area contributed by atoms with Gasteiger partial charge < -0.3 is 14.5 Å². The highest BCUT2D eigenvalue weighted by Gasteiger charge is 2.28. The van der Waals surface area contributed by atoms with Crippen molar-refractivity contribution in [2.24, 2.45) is 5.10 Å². The third kappa shape index (κ3) is 4.48. The normalized spacial score (nSPS) is 14.0. The summed E-state index contributed by atoms with van der Waals surface area (Å²) in [7, 11) is 1.48. The molecule has 0 atom stereocenters. The van der Waals surface area contributed by atoms with Gasteiger partial charge in [-0.05, 0) is 44.0 Å². The Morgan fingerprint density at radius 3 is 2.64 bits per heavy atom. The number of hydrogen-bond donors (Lipinski definition) is 2. The number of anilines is 1. The highest BCUT2D eigenvalue weighted by molar-refractivity contribution is 6.09. The van der Waals surface area contributed by atoms with Gasteiger partial charge in [-0.15, -0.1) is 0 Å². The first-order valence-corrected chi connectivity index (χ1v) is 10.3. The zero-order valence-electron chi connectivity index (χ0n) is 18.0. The molecule has 170 valence electrons. The lowest BCUT2D eigenvalue weighted by atomic mass is 9.93. The number of hydrogen-bond acceptors (Lipinski definition) is 5. The lowest BCUT2D eigenvalue weighted by Crippen LogP contribution is -2.22. The number of halogens is 2. The van der Waals surface area contributed by atoms with E-state index in [1.54, 1.807) is 31.2 Å². The molecule has 0 saturated heterocycles. The van der Waals surface area contributed by atoms with E-state index in [0.29, 0.717) is 52.8 Å². The van der Waals surface area contributed by atoms with Crippen molar-refractivity contribution in [1.82, 2.24) is 5.43 Å². The maximum Gasteiger partial charge on any atom is 0.291 e. The number of hydrazone groups is 1. The van der Waals surface area contributed by atoms with Crippen molar-refractivity contribution in [3.8, 4) is 5.75 Å². The summed E-state index contributed by atoms with van der Waals surface area (Å²) in [4.78, 5) is 25.3. The highest BCUT2D eigenvalue weighted by atomic mass is 19.1. The van der Waals surface area contributed by atoms with Gasteiger partial charge in [0.2, 0.25) is 0 Å². The van der Waals surface area contributed by atoms with E-state index < -0.39 is 23.4 Å². The van der Waals surface area contributed by atoms with Crippen LogP contribution in [0, 0.1) is 18.6 Å². The number of carbonyl (C=O) groups excluding carboxylic acids is 2. The molecule has 1 aliphatic carbocycles. The molecule has 1 heterocycles. The van der Waals surface area contributed by atoms with Gasteiger partial charge in [0, 0.05) is 23.6 Å². The molecule has 0 spiro atoms. The largest absolute Gasteiger partial charge is 0.496 e. The molecule has 0 aliphatic heterocycles. The number of ether oxygens (including phenoxy) is 1. The van der Waals surface area contributed by atoms with E-state index in [1.165, 1.54) is 7.11 Å². The number of methoxy groups -OCH3 is 1. The van der Waals surface area contributed by atoms with Crippen LogP contribution in [0.1, 0.15) is 50.6 Å². The molecule has 7 nitrogen and oxygen atoms in total. The fourth-order valence-electron chi connectivity index (χ4n) is 3.78. The van der Waals surface area contributed by atoms with E-state index in [2.05, 4.69) is 15.8 Å². The van der Waals surface area contributed by atoms with Crippen molar-refractivity contribution in [3.05, 3.63) is 82.3 Å². The van der Waals surface area contributed by atoms with Crippen molar-refractivity contribution in [2.45, 2.75) is 26.2 Å². The predicted octanol–water partition coefficient (Wildman–Crippen LogP) is 4.60. The van der Waals surface area contributed by atoms with Crippen LogP contribution in [0.25, 0.3) is 0 Å². The van der Waals surface area contributed by atoms with Crippen LogP contribution < -0.4 is 15.5 Å². The van der Waals surface area contributed by atoms with E-state index in [0.717, 1.165) is 18.6 Å². The van der Waals surface area contributed by atoms with Crippen LogP contribution in [0.15, 0.2) is 52.0 Å². The number of aryl methyl sites for hydroxylation is 1. The molecular weight excluding hydrogens is 432 g/mol. The standard InChI is InChI=1S/C24H21F2N3O4/c1-13-21-18(28-29-23(30)15-6-3-4-8-19(15)32-2)7-5-9-20(21)33-22(13)24(31)27-17-11-10-14(25)12-16(17)26/h3-4,6,8,10-12H,5,7,9H2,1-2H3,(H,27,31)(H,29,30)/b28-18+. The van der Waals surface area contributed by atoms with Crippen LogP contribution in [0.4, 0.5) is 14.5 Å². The molecule has 0 bridgehead atoms. The number of nitrogens with zero attached hydrogens (tertiary/aromatic N) is 1. The van der Waals surface area contributed by atoms with Crippen LogP contribution in [0.3, 0.4) is 0 Å². The van der Waals surface area contributed by atoms with Crippen LogP contribution >= 0.6 is 0 Å². The fourth-order valence-corrected chi connectivity index (χ4v) is 3.78. The Bertz CT molecular complexity index is 1270. The lowest BCUT2D eigenvalue weighted by Gasteiger charge is -2.14. The SMILES string of the molecule is COc1ccccc1C(=O)N/N=C1\CCCc2oc(C(=O)Nc3ccc(F)cc3F)c(C)c21. The maximum absolute atomic E-state index is 13.9. The number of amides is 2. The molecular formula is C24H21F2N3O4. The van der Waals surface area contributed by atoms with Crippen molar-refractivity contribution in [3.63, 3.8) is 0 Å². The first-order chi connectivity index (χ1) is 15.9. The second-order valence-electron chi connectivity index (χ2n) is 7.49. The van der Waals surface area contributed by atoms with E-state index in [9.17, 15) is 18.4 Å². The third-order valence-electron chi connectivity index (χ3n) is 5.36. The molecule has 2 aromatic carbocycles. The molecule has 0 saturated carbocycles. The Morgan fingerprint density at radius 2 is 1.88 bits per heavy atom. The molecule has 0 fully saturated rings. The van der Waals surface area contributed by atoms with Crippen LogP contribution in [0.5, 0.6) is 5.75 Å². The van der Waals surface area contributed by atoms with Gasteiger partial charge in [-0.25, -0.2) is 14.2 Å². The summed E-state index contributed by atoms with van der Waals surface area (Å²) in [5.41, 5.74) is 4.47. The minimum Gasteiger partial charge on any atom is -0.496 e. The number of benzene rings is 2. The molecule has 0 unspecified atom stereocenters. The second-order valence-corrected chi connectivity index (χ2v) is 7.49. The first kappa shape index (κ1) is 22.2. The Morgan fingerprint density at radius 1 is 1.09 bits per heavy atom. The van der Waals surface area contributed by atoms with E-state index in [1.807, 2.05) is 0 Å². The van der Waals surface area contributed by atoms with Gasteiger partial charge in [-0.1, -0.05) is 12.1 Å². The molecule has 2 amide bonds. The monoisotopic (exact) mass is 453 g/mol. The number of furan rings is 1. The average Bonchev–Trinajstić information content (AvgIpc) is 3.16.